The molecule has 3 aromatic rings. The topological polar surface area (TPSA) is 71.3 Å². The van der Waals surface area contributed by atoms with Crippen molar-refractivity contribution in [1.82, 2.24) is 0 Å². The van der Waals surface area contributed by atoms with E-state index in [4.69, 9.17) is 32.7 Å². The molecule has 3 aromatic carbocycles. The molecule has 0 saturated heterocycles. The first-order valence-corrected chi connectivity index (χ1v) is 10.9. The van der Waals surface area contributed by atoms with Gasteiger partial charge in [-0.1, -0.05) is 53.5 Å². The van der Waals surface area contributed by atoms with Gasteiger partial charge in [-0.15, -0.1) is 0 Å². The number of nitrogens with zero attached hydrogens (tertiary/aromatic N) is 1. The van der Waals surface area contributed by atoms with Crippen molar-refractivity contribution >= 4 is 62.4 Å². The van der Waals surface area contributed by atoms with Gasteiger partial charge in [0.15, 0.2) is 18.1 Å². The highest BCUT2D eigenvalue weighted by Crippen LogP contribution is 2.37. The molecule has 0 unspecified atom stereocenters. The smallest absolute Gasteiger partial charge is 0.262 e. The van der Waals surface area contributed by atoms with Crippen molar-refractivity contribution in [3.05, 3.63) is 86.3 Å². The molecule has 0 heterocycles. The summed E-state index contributed by atoms with van der Waals surface area (Å²) >= 11 is 15.3. The predicted molar refractivity (Wildman–Crippen MR) is 131 cm³/mol. The number of carbonyl (C=O) groups excluding carboxylic acids is 1. The summed E-state index contributed by atoms with van der Waals surface area (Å²) in [6.45, 7) is -0.252. The summed E-state index contributed by atoms with van der Waals surface area (Å²) in [5.74, 6) is 0.405. The van der Waals surface area contributed by atoms with E-state index in [1.54, 1.807) is 36.4 Å². The lowest BCUT2D eigenvalue weighted by molar-refractivity contribution is -0.118. The summed E-state index contributed by atoms with van der Waals surface area (Å²) in [5.41, 5.74) is 2.56. The third-order valence-corrected chi connectivity index (χ3v) is 5.65. The summed E-state index contributed by atoms with van der Waals surface area (Å²) in [7, 11) is 1.50. The second kappa shape index (κ2) is 11.1. The minimum atomic E-state index is -0.378. The van der Waals surface area contributed by atoms with Gasteiger partial charge in [-0.05, 0) is 63.5 Å². The Bertz CT molecular complexity index is 1210. The van der Waals surface area contributed by atoms with E-state index in [2.05, 4.69) is 27.3 Å². The highest BCUT2D eigenvalue weighted by atomic mass is 79.9. The molecule has 5 nitrogen and oxygen atoms in total. The van der Waals surface area contributed by atoms with Crippen LogP contribution in [0.25, 0.3) is 11.6 Å². The van der Waals surface area contributed by atoms with E-state index in [0.29, 0.717) is 37.3 Å². The van der Waals surface area contributed by atoms with E-state index in [0.717, 1.165) is 11.1 Å². The number of nitrogens with one attached hydrogen (secondary N) is 1. The molecule has 32 heavy (non-hydrogen) atoms. The van der Waals surface area contributed by atoms with E-state index in [1.165, 1.54) is 7.11 Å². The Hall–Kier alpha value is -2.98. The molecule has 3 rings (SSSR count). The van der Waals surface area contributed by atoms with E-state index >= 15 is 0 Å². The molecule has 162 valence electrons. The number of carbonyl (C=O) groups is 1. The van der Waals surface area contributed by atoms with Crippen LogP contribution < -0.4 is 14.8 Å². The summed E-state index contributed by atoms with van der Waals surface area (Å²) in [6.07, 6.45) is 1.75. The van der Waals surface area contributed by atoms with Crippen LogP contribution in [0.3, 0.4) is 0 Å². The van der Waals surface area contributed by atoms with E-state index in [-0.39, 0.29) is 12.5 Å². The van der Waals surface area contributed by atoms with Crippen molar-refractivity contribution in [2.75, 3.05) is 19.0 Å². The lowest BCUT2D eigenvalue weighted by atomic mass is 10.0. The Morgan fingerprint density at radius 3 is 2.53 bits per heavy atom. The minimum absolute atomic E-state index is 0.252. The molecule has 0 aliphatic rings. The van der Waals surface area contributed by atoms with Crippen molar-refractivity contribution in [3.8, 4) is 17.6 Å². The molecule has 0 bridgehead atoms. The molecule has 0 aliphatic carbocycles. The van der Waals surface area contributed by atoms with Gasteiger partial charge >= 0.3 is 0 Å². The number of benzene rings is 3. The Morgan fingerprint density at radius 1 is 1.12 bits per heavy atom. The second-order valence-corrected chi connectivity index (χ2v) is 8.20. The number of amides is 1. The van der Waals surface area contributed by atoms with Crippen molar-refractivity contribution in [1.29, 1.82) is 5.26 Å². The number of halogens is 3. The van der Waals surface area contributed by atoms with E-state index < -0.39 is 0 Å². The van der Waals surface area contributed by atoms with Crippen LogP contribution in [0.1, 0.15) is 11.1 Å². The normalized spacial score (nSPS) is 10.9. The fourth-order valence-electron chi connectivity index (χ4n) is 2.84. The molecule has 0 aliphatic heterocycles. The van der Waals surface area contributed by atoms with Gasteiger partial charge < -0.3 is 14.8 Å². The first-order valence-electron chi connectivity index (χ1n) is 9.33. The molecule has 0 saturated carbocycles. The number of anilines is 1. The number of methoxy groups -OCH3 is 1. The average Bonchev–Trinajstić information content (AvgIpc) is 2.79. The van der Waals surface area contributed by atoms with Crippen LogP contribution in [0.15, 0.2) is 65.1 Å². The lowest BCUT2D eigenvalue weighted by Gasteiger charge is -2.14. The standard InChI is InChI=1S/C24H17BrCl2N2O3/c1-31-22-11-15(9-17(13-28)16-5-3-2-4-6-16)10-19(25)24(22)32-14-23(30)29-18-7-8-20(26)21(27)12-18/h2-12H,14H2,1H3,(H,29,30)/b17-9+. The molecule has 1 amide bonds. The summed E-state index contributed by atoms with van der Waals surface area (Å²) < 4.78 is 11.7. The quantitative estimate of drug-likeness (QED) is 0.267. The zero-order valence-electron chi connectivity index (χ0n) is 16.9. The first kappa shape index (κ1) is 23.7. The van der Waals surface area contributed by atoms with Gasteiger partial charge in [0.25, 0.3) is 5.91 Å². The van der Waals surface area contributed by atoms with Crippen LogP contribution in [0.5, 0.6) is 11.5 Å². The number of rotatable bonds is 7. The lowest BCUT2D eigenvalue weighted by Crippen LogP contribution is -2.20. The van der Waals surface area contributed by atoms with Gasteiger partial charge in [-0.25, -0.2) is 0 Å². The maximum Gasteiger partial charge on any atom is 0.262 e. The Morgan fingerprint density at radius 2 is 1.88 bits per heavy atom. The fourth-order valence-corrected chi connectivity index (χ4v) is 3.71. The number of hydrogen-bond acceptors (Lipinski definition) is 4. The number of nitriles is 1. The van der Waals surface area contributed by atoms with Crippen molar-refractivity contribution in [2.24, 2.45) is 0 Å². The molecule has 1 N–H and O–H groups in total. The maximum absolute atomic E-state index is 12.3. The molecule has 0 atom stereocenters. The van der Waals surface area contributed by atoms with Gasteiger partial charge in [0.2, 0.25) is 0 Å². The van der Waals surface area contributed by atoms with Crippen molar-refractivity contribution < 1.29 is 14.3 Å². The second-order valence-electron chi connectivity index (χ2n) is 6.54. The number of ether oxygens (including phenoxy) is 2. The molecule has 0 aromatic heterocycles. The van der Waals surface area contributed by atoms with Crippen LogP contribution in [0, 0.1) is 11.3 Å². The zero-order chi connectivity index (χ0) is 23.1. The molecule has 0 fully saturated rings. The molecule has 8 heteroatoms. The minimum Gasteiger partial charge on any atom is -0.493 e. The van der Waals surface area contributed by atoms with Crippen LogP contribution >= 0.6 is 39.1 Å². The summed E-state index contributed by atoms with van der Waals surface area (Å²) in [6, 6.07) is 19.9. The maximum atomic E-state index is 12.3. The largest absolute Gasteiger partial charge is 0.493 e. The summed E-state index contributed by atoms with van der Waals surface area (Å²) in [5, 5.41) is 13.0. The fraction of sp³-hybridized carbons (Fsp3) is 0.0833. The third-order valence-electron chi connectivity index (χ3n) is 4.32. The molecule has 0 spiro atoms. The number of hydrogen-bond donors (Lipinski definition) is 1. The van der Waals surface area contributed by atoms with Crippen molar-refractivity contribution in [2.45, 2.75) is 0 Å². The average molecular weight is 532 g/mol. The SMILES string of the molecule is COc1cc(/C=C(\C#N)c2ccccc2)cc(Br)c1OCC(=O)Nc1ccc(Cl)c(Cl)c1. The van der Waals surface area contributed by atoms with Gasteiger partial charge in [-0.2, -0.15) is 5.26 Å². The van der Waals surface area contributed by atoms with E-state index in [9.17, 15) is 10.1 Å². The van der Waals surface area contributed by atoms with Crippen LogP contribution in [-0.2, 0) is 4.79 Å². The van der Waals surface area contributed by atoms with Crippen LogP contribution in [-0.4, -0.2) is 19.6 Å². The van der Waals surface area contributed by atoms with Crippen molar-refractivity contribution in [3.63, 3.8) is 0 Å². The van der Waals surface area contributed by atoms with Gasteiger partial charge in [-0.3, -0.25) is 4.79 Å². The van der Waals surface area contributed by atoms with E-state index in [1.807, 2.05) is 30.3 Å². The van der Waals surface area contributed by atoms with Gasteiger partial charge in [0, 0.05) is 5.69 Å². The Labute approximate surface area is 204 Å². The third kappa shape index (κ3) is 6.04. The first-order chi connectivity index (χ1) is 15.4. The van der Waals surface area contributed by atoms with Gasteiger partial charge in [0.1, 0.15) is 0 Å². The van der Waals surface area contributed by atoms with Gasteiger partial charge in [0.05, 0.1) is 33.3 Å². The molecular weight excluding hydrogens is 515 g/mol. The highest BCUT2D eigenvalue weighted by Gasteiger charge is 2.14. The number of allylic oxidation sites excluding steroid dienone is 1. The zero-order valence-corrected chi connectivity index (χ0v) is 20.0. The van der Waals surface area contributed by atoms with Crippen LogP contribution in [0.2, 0.25) is 10.0 Å². The predicted octanol–water partition coefficient (Wildman–Crippen LogP) is 6.85. The monoisotopic (exact) mass is 530 g/mol. The molecular formula is C24H17BrCl2N2O3. The highest BCUT2D eigenvalue weighted by molar-refractivity contribution is 9.10. The van der Waals surface area contributed by atoms with Crippen LogP contribution in [0.4, 0.5) is 5.69 Å². The summed E-state index contributed by atoms with van der Waals surface area (Å²) in [4.78, 5) is 12.3. The molecule has 0 radical (unpaired) electrons. The Kier molecular flexibility index (Phi) is 8.18. The Balaban J connectivity index is 1.76.